The number of amides is 1. The Morgan fingerprint density at radius 1 is 1.13 bits per heavy atom. The van der Waals surface area contributed by atoms with Crippen LogP contribution in [-0.4, -0.2) is 27.4 Å². The molecular weight excluding hydrogens is 376 g/mol. The lowest BCUT2D eigenvalue weighted by Gasteiger charge is -2.09. The van der Waals surface area contributed by atoms with Crippen LogP contribution in [0.3, 0.4) is 0 Å². The zero-order valence-corrected chi connectivity index (χ0v) is 16.4. The number of hydrogen-bond donors (Lipinski definition) is 3. The molecule has 7 heteroatoms. The minimum Gasteiger partial charge on any atom is -0.370 e. The molecule has 4 aromatic rings. The third kappa shape index (κ3) is 4.28. The van der Waals surface area contributed by atoms with Crippen LogP contribution in [0.2, 0.25) is 0 Å². The molecule has 0 atom stereocenters. The first kappa shape index (κ1) is 19.2. The van der Waals surface area contributed by atoms with Crippen LogP contribution in [0.1, 0.15) is 27.4 Å². The number of nitriles is 1. The van der Waals surface area contributed by atoms with E-state index < -0.39 is 0 Å². The number of rotatable bonds is 6. The van der Waals surface area contributed by atoms with Gasteiger partial charge >= 0.3 is 0 Å². The summed E-state index contributed by atoms with van der Waals surface area (Å²) in [5, 5.41) is 16.2. The van der Waals surface area contributed by atoms with E-state index in [1.807, 2.05) is 24.4 Å². The second kappa shape index (κ2) is 8.45. The zero-order chi connectivity index (χ0) is 20.9. The lowest BCUT2D eigenvalue weighted by atomic mass is 10.1. The highest BCUT2D eigenvalue weighted by atomic mass is 16.1. The molecule has 2 aromatic carbocycles. The van der Waals surface area contributed by atoms with Gasteiger partial charge in [-0.3, -0.25) is 4.79 Å². The predicted molar refractivity (Wildman–Crippen MR) is 116 cm³/mol. The summed E-state index contributed by atoms with van der Waals surface area (Å²) in [4.78, 5) is 24.5. The molecule has 7 nitrogen and oxygen atoms in total. The van der Waals surface area contributed by atoms with Crippen molar-refractivity contribution in [1.82, 2.24) is 15.0 Å². The Balaban J connectivity index is 1.42. The van der Waals surface area contributed by atoms with Gasteiger partial charge in [0, 0.05) is 35.4 Å². The summed E-state index contributed by atoms with van der Waals surface area (Å²) in [6.45, 7) is 2.43. The maximum atomic E-state index is 12.6. The molecule has 0 saturated carbocycles. The van der Waals surface area contributed by atoms with Crippen LogP contribution in [0.15, 0.2) is 60.8 Å². The van der Waals surface area contributed by atoms with Crippen molar-refractivity contribution < 1.29 is 4.79 Å². The van der Waals surface area contributed by atoms with Gasteiger partial charge in [-0.05, 0) is 49.2 Å². The maximum absolute atomic E-state index is 12.6. The van der Waals surface area contributed by atoms with Crippen molar-refractivity contribution in [2.24, 2.45) is 0 Å². The number of benzene rings is 2. The number of carbonyl (C=O) groups is 1. The van der Waals surface area contributed by atoms with Crippen LogP contribution >= 0.6 is 0 Å². The van der Waals surface area contributed by atoms with Crippen molar-refractivity contribution >= 4 is 28.3 Å². The molecule has 30 heavy (non-hydrogen) atoms. The van der Waals surface area contributed by atoms with E-state index in [0.29, 0.717) is 29.4 Å². The first-order chi connectivity index (χ1) is 14.6. The molecule has 1 amide bonds. The maximum Gasteiger partial charge on any atom is 0.274 e. The first-order valence-corrected chi connectivity index (χ1v) is 9.58. The van der Waals surface area contributed by atoms with E-state index in [-0.39, 0.29) is 11.6 Å². The molecule has 0 aliphatic carbocycles. The lowest BCUT2D eigenvalue weighted by molar-refractivity contribution is 0.102. The minimum absolute atomic E-state index is 0.279. The second-order valence-electron chi connectivity index (χ2n) is 6.87. The molecule has 2 heterocycles. The van der Waals surface area contributed by atoms with E-state index in [2.05, 4.69) is 37.7 Å². The van der Waals surface area contributed by atoms with Crippen LogP contribution in [0.5, 0.6) is 0 Å². The Morgan fingerprint density at radius 2 is 1.93 bits per heavy atom. The highest BCUT2D eigenvalue weighted by molar-refractivity contribution is 6.03. The lowest BCUT2D eigenvalue weighted by Crippen LogP contribution is -2.16. The molecule has 148 valence electrons. The highest BCUT2D eigenvalue weighted by Gasteiger charge is 2.11. The quantitative estimate of drug-likeness (QED) is 0.456. The Hall–Kier alpha value is -4.18. The summed E-state index contributed by atoms with van der Waals surface area (Å²) in [7, 11) is 0. The van der Waals surface area contributed by atoms with Gasteiger partial charge in [0.05, 0.1) is 11.6 Å². The molecule has 4 rings (SSSR count). The number of fused-ring (bicyclic) bond motifs is 1. The van der Waals surface area contributed by atoms with E-state index in [9.17, 15) is 4.79 Å². The molecule has 0 saturated heterocycles. The van der Waals surface area contributed by atoms with Gasteiger partial charge in [-0.25, -0.2) is 9.97 Å². The van der Waals surface area contributed by atoms with Gasteiger partial charge in [-0.1, -0.05) is 18.2 Å². The van der Waals surface area contributed by atoms with Crippen LogP contribution in [-0.2, 0) is 6.42 Å². The summed E-state index contributed by atoms with van der Waals surface area (Å²) in [6.07, 6.45) is 2.84. The molecule has 0 spiro atoms. The summed E-state index contributed by atoms with van der Waals surface area (Å²) in [6, 6.07) is 18.6. The van der Waals surface area contributed by atoms with Gasteiger partial charge in [0.2, 0.25) is 0 Å². The minimum atomic E-state index is -0.329. The summed E-state index contributed by atoms with van der Waals surface area (Å²) in [5.41, 5.74) is 3.76. The molecule has 0 bridgehead atoms. The normalized spacial score (nSPS) is 10.5. The van der Waals surface area contributed by atoms with Crippen molar-refractivity contribution in [3.8, 4) is 6.07 Å². The van der Waals surface area contributed by atoms with Crippen LogP contribution < -0.4 is 10.6 Å². The second-order valence-corrected chi connectivity index (χ2v) is 6.87. The fourth-order valence-electron chi connectivity index (χ4n) is 3.26. The van der Waals surface area contributed by atoms with Gasteiger partial charge in [0.15, 0.2) is 0 Å². The van der Waals surface area contributed by atoms with Crippen molar-refractivity contribution in [3.05, 3.63) is 83.4 Å². The first-order valence-electron chi connectivity index (χ1n) is 9.58. The topological polar surface area (TPSA) is 106 Å². The van der Waals surface area contributed by atoms with E-state index in [4.69, 9.17) is 5.26 Å². The predicted octanol–water partition coefficient (Wildman–Crippen LogP) is 4.04. The molecule has 0 unspecified atom stereocenters. The fraction of sp³-hybridized carbons (Fsp3) is 0.130. The average Bonchev–Trinajstić information content (AvgIpc) is 3.17. The van der Waals surface area contributed by atoms with Crippen LogP contribution in [0.4, 0.5) is 11.5 Å². The number of carbonyl (C=O) groups excluding carboxylic acids is 1. The Bertz CT molecular complexity index is 1240. The van der Waals surface area contributed by atoms with Gasteiger partial charge in [-0.2, -0.15) is 5.26 Å². The van der Waals surface area contributed by atoms with E-state index in [1.165, 1.54) is 10.9 Å². The van der Waals surface area contributed by atoms with E-state index in [1.54, 1.807) is 37.3 Å². The molecule has 0 aliphatic heterocycles. The molecular formula is C23H20N6O. The standard InChI is InChI=1S/C23H20N6O/c1-15-27-21(23(30)29-18-8-6-16(13-24)7-9-18)12-22(28-15)25-11-10-17-14-26-20-5-3-2-4-19(17)20/h2-9,12,14,26H,10-11H2,1H3,(H,29,30)(H,25,27,28). The third-order valence-electron chi connectivity index (χ3n) is 4.72. The van der Waals surface area contributed by atoms with Crippen LogP contribution in [0, 0.1) is 18.3 Å². The number of aryl methyl sites for hydroxylation is 1. The van der Waals surface area contributed by atoms with Gasteiger partial charge in [0.25, 0.3) is 5.91 Å². The number of hydrogen-bond acceptors (Lipinski definition) is 5. The molecule has 3 N–H and O–H groups in total. The van der Waals surface area contributed by atoms with Crippen molar-refractivity contribution in [2.75, 3.05) is 17.2 Å². The SMILES string of the molecule is Cc1nc(NCCc2c[nH]c3ccccc23)cc(C(=O)Nc2ccc(C#N)cc2)n1. The van der Waals surface area contributed by atoms with Crippen LogP contribution in [0.25, 0.3) is 10.9 Å². The third-order valence-corrected chi connectivity index (χ3v) is 4.72. The summed E-state index contributed by atoms with van der Waals surface area (Å²) in [5.74, 6) is 0.786. The van der Waals surface area contributed by atoms with E-state index in [0.717, 1.165) is 11.9 Å². The Morgan fingerprint density at radius 3 is 2.73 bits per heavy atom. The van der Waals surface area contributed by atoms with Gasteiger partial charge in [0.1, 0.15) is 17.3 Å². The Kier molecular flexibility index (Phi) is 5.39. The molecule has 2 aromatic heterocycles. The van der Waals surface area contributed by atoms with Crippen molar-refractivity contribution in [3.63, 3.8) is 0 Å². The monoisotopic (exact) mass is 396 g/mol. The van der Waals surface area contributed by atoms with E-state index >= 15 is 0 Å². The fourth-order valence-corrected chi connectivity index (χ4v) is 3.26. The number of H-pyrrole nitrogens is 1. The molecule has 0 aliphatic rings. The van der Waals surface area contributed by atoms with Crippen molar-refractivity contribution in [2.45, 2.75) is 13.3 Å². The summed E-state index contributed by atoms with van der Waals surface area (Å²) < 4.78 is 0. The highest BCUT2D eigenvalue weighted by Crippen LogP contribution is 2.18. The number of nitrogens with zero attached hydrogens (tertiary/aromatic N) is 3. The van der Waals surface area contributed by atoms with Gasteiger partial charge in [-0.15, -0.1) is 0 Å². The zero-order valence-electron chi connectivity index (χ0n) is 16.4. The van der Waals surface area contributed by atoms with Gasteiger partial charge < -0.3 is 15.6 Å². The Labute approximate surface area is 173 Å². The average molecular weight is 396 g/mol. The van der Waals surface area contributed by atoms with Crippen molar-refractivity contribution in [1.29, 1.82) is 5.26 Å². The number of para-hydroxylation sites is 1. The number of anilines is 2. The number of nitrogens with one attached hydrogen (secondary N) is 3. The number of aromatic nitrogens is 3. The smallest absolute Gasteiger partial charge is 0.274 e. The largest absolute Gasteiger partial charge is 0.370 e. The number of aromatic amines is 1. The summed E-state index contributed by atoms with van der Waals surface area (Å²) >= 11 is 0. The molecule has 0 fully saturated rings. The molecule has 0 radical (unpaired) electrons.